The zero-order valence-electron chi connectivity index (χ0n) is 17.1. The van der Waals surface area contributed by atoms with Gasteiger partial charge in [0.1, 0.15) is 5.70 Å². The summed E-state index contributed by atoms with van der Waals surface area (Å²) in [6.45, 7) is 2.36. The van der Waals surface area contributed by atoms with Gasteiger partial charge in [-0.3, -0.25) is 9.59 Å². The van der Waals surface area contributed by atoms with Crippen LogP contribution in [0.4, 0.5) is 0 Å². The van der Waals surface area contributed by atoms with Gasteiger partial charge in [-0.15, -0.1) is 11.3 Å². The predicted molar refractivity (Wildman–Crippen MR) is 132 cm³/mol. The number of thioether (sulfide) groups is 1. The fourth-order valence-corrected chi connectivity index (χ4v) is 4.52. The number of aryl methyl sites for hydroxylation is 1. The van der Waals surface area contributed by atoms with Crippen molar-refractivity contribution in [3.63, 3.8) is 0 Å². The smallest absolute Gasteiger partial charge is 0.267 e. The van der Waals surface area contributed by atoms with Crippen molar-refractivity contribution in [2.75, 3.05) is 12.3 Å². The molecule has 0 spiro atoms. The summed E-state index contributed by atoms with van der Waals surface area (Å²) in [7, 11) is 0. The first-order chi connectivity index (χ1) is 15.0. The SMILES string of the molecule is Cc1ccccc1C(=O)N/C(=C\c1cccs1)C(=O)NCCSCc1cccc(Cl)c1. The van der Waals surface area contributed by atoms with Gasteiger partial charge in [0.15, 0.2) is 0 Å². The van der Waals surface area contributed by atoms with E-state index in [0.717, 1.165) is 32.5 Å². The molecule has 3 rings (SSSR count). The van der Waals surface area contributed by atoms with Gasteiger partial charge in [0.2, 0.25) is 0 Å². The molecule has 0 bridgehead atoms. The zero-order valence-corrected chi connectivity index (χ0v) is 19.4. The summed E-state index contributed by atoms with van der Waals surface area (Å²) in [6, 6.07) is 18.9. The first kappa shape index (κ1) is 23.1. The molecular weight excluding hydrogens is 448 g/mol. The van der Waals surface area contributed by atoms with Crippen LogP contribution in [0.25, 0.3) is 6.08 Å². The molecule has 0 aliphatic carbocycles. The number of benzene rings is 2. The van der Waals surface area contributed by atoms with E-state index in [1.54, 1.807) is 23.9 Å². The second kappa shape index (κ2) is 11.7. The molecule has 0 radical (unpaired) electrons. The lowest BCUT2D eigenvalue weighted by atomic mass is 10.1. The van der Waals surface area contributed by atoms with E-state index < -0.39 is 0 Å². The van der Waals surface area contributed by atoms with E-state index in [-0.39, 0.29) is 17.5 Å². The quantitative estimate of drug-likeness (QED) is 0.319. The lowest BCUT2D eigenvalue weighted by molar-refractivity contribution is -0.117. The number of nitrogens with one attached hydrogen (secondary N) is 2. The van der Waals surface area contributed by atoms with Crippen LogP contribution in [-0.2, 0) is 10.5 Å². The summed E-state index contributed by atoms with van der Waals surface area (Å²) >= 11 is 9.22. The highest BCUT2D eigenvalue weighted by Crippen LogP contribution is 2.17. The average Bonchev–Trinajstić information content (AvgIpc) is 3.26. The van der Waals surface area contributed by atoms with Crippen molar-refractivity contribution in [1.82, 2.24) is 10.6 Å². The van der Waals surface area contributed by atoms with Crippen LogP contribution in [0, 0.1) is 6.92 Å². The van der Waals surface area contributed by atoms with Gasteiger partial charge >= 0.3 is 0 Å². The maximum absolute atomic E-state index is 12.8. The average molecular weight is 471 g/mol. The van der Waals surface area contributed by atoms with E-state index in [2.05, 4.69) is 10.6 Å². The highest BCUT2D eigenvalue weighted by atomic mass is 35.5. The van der Waals surface area contributed by atoms with E-state index in [1.165, 1.54) is 11.3 Å². The Labute approximate surface area is 195 Å². The number of carbonyl (C=O) groups is 2. The number of thiophene rings is 1. The molecule has 2 N–H and O–H groups in total. The Morgan fingerprint density at radius 3 is 2.68 bits per heavy atom. The number of hydrogen-bond donors (Lipinski definition) is 2. The Bertz CT molecular complexity index is 1060. The second-order valence-electron chi connectivity index (χ2n) is 6.78. The lowest BCUT2D eigenvalue weighted by Gasteiger charge is -2.12. The lowest BCUT2D eigenvalue weighted by Crippen LogP contribution is -2.36. The molecule has 0 aliphatic rings. The van der Waals surface area contributed by atoms with Crippen LogP contribution < -0.4 is 10.6 Å². The Hall–Kier alpha value is -2.54. The third kappa shape index (κ3) is 7.28. The van der Waals surface area contributed by atoms with Crippen molar-refractivity contribution < 1.29 is 9.59 Å². The minimum absolute atomic E-state index is 0.232. The highest BCUT2D eigenvalue weighted by Gasteiger charge is 2.15. The third-order valence-electron chi connectivity index (χ3n) is 4.40. The first-order valence-corrected chi connectivity index (χ1v) is 12.2. The first-order valence-electron chi connectivity index (χ1n) is 9.75. The molecule has 4 nitrogen and oxygen atoms in total. The van der Waals surface area contributed by atoms with E-state index in [1.807, 2.05) is 66.9 Å². The number of halogens is 1. The van der Waals surface area contributed by atoms with Crippen molar-refractivity contribution >= 4 is 52.6 Å². The standard InChI is InChI=1S/C24H23ClN2O2S2/c1-17-6-2-3-10-21(17)23(28)27-22(15-20-9-5-12-31-20)24(29)26-11-13-30-16-18-7-4-8-19(25)14-18/h2-10,12,14-15H,11,13,16H2,1H3,(H,26,29)(H,27,28)/b22-15-. The maximum Gasteiger partial charge on any atom is 0.267 e. The van der Waals surface area contributed by atoms with Gasteiger partial charge in [0.05, 0.1) is 0 Å². The molecule has 0 fully saturated rings. The van der Waals surface area contributed by atoms with E-state index >= 15 is 0 Å². The van der Waals surface area contributed by atoms with Crippen LogP contribution in [0.3, 0.4) is 0 Å². The van der Waals surface area contributed by atoms with Crippen LogP contribution in [0.15, 0.2) is 71.7 Å². The molecule has 3 aromatic rings. The molecular formula is C24H23ClN2O2S2. The van der Waals surface area contributed by atoms with Gasteiger partial charge in [-0.1, -0.05) is 48.0 Å². The van der Waals surface area contributed by atoms with Gasteiger partial charge in [-0.25, -0.2) is 0 Å². The molecule has 160 valence electrons. The molecule has 0 unspecified atom stereocenters. The molecule has 0 atom stereocenters. The Balaban J connectivity index is 1.58. The molecule has 1 aromatic heterocycles. The molecule has 1 heterocycles. The largest absolute Gasteiger partial charge is 0.350 e. The number of carbonyl (C=O) groups excluding carboxylic acids is 2. The van der Waals surface area contributed by atoms with Gasteiger partial charge in [0, 0.05) is 33.5 Å². The Kier molecular flexibility index (Phi) is 8.76. The van der Waals surface area contributed by atoms with E-state index in [0.29, 0.717) is 12.1 Å². The van der Waals surface area contributed by atoms with Crippen molar-refractivity contribution in [3.8, 4) is 0 Å². The normalized spacial score (nSPS) is 11.2. The highest BCUT2D eigenvalue weighted by molar-refractivity contribution is 7.98. The van der Waals surface area contributed by atoms with E-state index in [9.17, 15) is 9.59 Å². The summed E-state index contributed by atoms with van der Waals surface area (Å²) in [5, 5.41) is 8.33. The molecule has 2 amide bonds. The minimum Gasteiger partial charge on any atom is -0.350 e. The van der Waals surface area contributed by atoms with Gasteiger partial charge in [0.25, 0.3) is 11.8 Å². The molecule has 7 heteroatoms. The Morgan fingerprint density at radius 1 is 1.10 bits per heavy atom. The zero-order chi connectivity index (χ0) is 22.1. The molecule has 2 aromatic carbocycles. The van der Waals surface area contributed by atoms with Crippen LogP contribution >= 0.6 is 34.7 Å². The summed E-state index contributed by atoms with van der Waals surface area (Å²) < 4.78 is 0. The summed E-state index contributed by atoms with van der Waals surface area (Å²) in [5.41, 5.74) is 2.78. The minimum atomic E-state index is -0.307. The second-order valence-corrected chi connectivity index (χ2v) is 9.30. The predicted octanol–water partition coefficient (Wildman–Crippen LogP) is 5.53. The monoisotopic (exact) mass is 470 g/mol. The fraction of sp³-hybridized carbons (Fsp3) is 0.167. The topological polar surface area (TPSA) is 58.2 Å². The summed E-state index contributed by atoms with van der Waals surface area (Å²) in [4.78, 5) is 26.4. The van der Waals surface area contributed by atoms with Crippen LogP contribution in [0.2, 0.25) is 5.02 Å². The fourth-order valence-electron chi connectivity index (χ4n) is 2.84. The van der Waals surface area contributed by atoms with Crippen molar-refractivity contribution in [3.05, 3.63) is 98.3 Å². The van der Waals surface area contributed by atoms with Crippen molar-refractivity contribution in [2.45, 2.75) is 12.7 Å². The summed E-state index contributed by atoms with van der Waals surface area (Å²) in [5.74, 6) is 0.958. The van der Waals surface area contributed by atoms with E-state index in [4.69, 9.17) is 11.6 Å². The molecule has 0 saturated heterocycles. The van der Waals surface area contributed by atoms with Crippen LogP contribution in [0.5, 0.6) is 0 Å². The van der Waals surface area contributed by atoms with Gasteiger partial charge in [-0.2, -0.15) is 11.8 Å². The van der Waals surface area contributed by atoms with Crippen molar-refractivity contribution in [2.24, 2.45) is 0 Å². The number of hydrogen-bond acceptors (Lipinski definition) is 4. The number of amides is 2. The summed E-state index contributed by atoms with van der Waals surface area (Å²) in [6.07, 6.45) is 1.70. The van der Waals surface area contributed by atoms with Gasteiger partial charge < -0.3 is 10.6 Å². The van der Waals surface area contributed by atoms with Gasteiger partial charge in [-0.05, 0) is 53.8 Å². The van der Waals surface area contributed by atoms with Crippen LogP contribution in [0.1, 0.15) is 26.4 Å². The van der Waals surface area contributed by atoms with Crippen LogP contribution in [-0.4, -0.2) is 24.1 Å². The van der Waals surface area contributed by atoms with Crippen molar-refractivity contribution in [1.29, 1.82) is 0 Å². The molecule has 31 heavy (non-hydrogen) atoms. The molecule has 0 saturated carbocycles. The third-order valence-corrected chi connectivity index (χ3v) is 6.49. The maximum atomic E-state index is 12.8. The Morgan fingerprint density at radius 2 is 1.94 bits per heavy atom. The number of rotatable bonds is 9. The molecule has 0 aliphatic heterocycles.